The molecule has 0 spiro atoms. The Bertz CT molecular complexity index is 732. The van der Waals surface area contributed by atoms with Crippen LogP contribution < -0.4 is 0 Å². The minimum Gasteiger partial charge on any atom is -0.459 e. The van der Waals surface area contributed by atoms with E-state index in [-0.39, 0.29) is 19.0 Å². The van der Waals surface area contributed by atoms with Crippen molar-refractivity contribution in [2.24, 2.45) is 0 Å². The van der Waals surface area contributed by atoms with Crippen LogP contribution in [0.2, 0.25) is 0 Å². The van der Waals surface area contributed by atoms with Gasteiger partial charge in [-0.2, -0.15) is 0 Å². The van der Waals surface area contributed by atoms with Crippen molar-refractivity contribution < 1.29 is 24.3 Å². The molecular formula is C15H15N3O6. The van der Waals surface area contributed by atoms with E-state index in [1.165, 1.54) is 17.0 Å². The number of nitro groups is 1. The van der Waals surface area contributed by atoms with E-state index in [0.29, 0.717) is 5.56 Å². The summed E-state index contributed by atoms with van der Waals surface area (Å²) >= 11 is 0. The molecule has 1 saturated heterocycles. The van der Waals surface area contributed by atoms with E-state index in [1.54, 1.807) is 30.3 Å². The van der Waals surface area contributed by atoms with Gasteiger partial charge in [-0.3, -0.25) is 0 Å². The molecule has 2 heterocycles. The molecule has 24 heavy (non-hydrogen) atoms. The largest absolute Gasteiger partial charge is 0.459 e. The third kappa shape index (κ3) is 3.26. The average molecular weight is 333 g/mol. The van der Waals surface area contributed by atoms with Crippen molar-refractivity contribution in [2.45, 2.75) is 24.9 Å². The third-order valence-electron chi connectivity index (χ3n) is 3.71. The van der Waals surface area contributed by atoms with Gasteiger partial charge in [0.05, 0.1) is 11.7 Å². The highest BCUT2D eigenvalue weighted by molar-refractivity contribution is 5.89. The summed E-state index contributed by atoms with van der Waals surface area (Å²) in [5.41, 5.74) is 0.395. The van der Waals surface area contributed by atoms with Crippen LogP contribution >= 0.6 is 0 Å². The maximum Gasteiger partial charge on any atom is 0.436 e. The zero-order chi connectivity index (χ0) is 17.1. The molecule has 0 aliphatic carbocycles. The molecule has 0 radical (unpaired) electrons. The van der Waals surface area contributed by atoms with Gasteiger partial charge in [-0.05, 0) is 17.1 Å². The van der Waals surface area contributed by atoms with E-state index in [0.717, 1.165) is 0 Å². The second-order valence-corrected chi connectivity index (χ2v) is 5.29. The van der Waals surface area contributed by atoms with Gasteiger partial charge < -0.3 is 24.7 Å². The Morgan fingerprint density at radius 1 is 1.46 bits per heavy atom. The smallest absolute Gasteiger partial charge is 0.436 e. The number of ether oxygens (including phenoxy) is 2. The van der Waals surface area contributed by atoms with Crippen molar-refractivity contribution in [1.29, 1.82) is 0 Å². The average Bonchev–Trinajstić information content (AvgIpc) is 3.20. The van der Waals surface area contributed by atoms with Gasteiger partial charge in [0.1, 0.15) is 25.1 Å². The lowest BCUT2D eigenvalue weighted by molar-refractivity contribution is -0.398. The van der Waals surface area contributed by atoms with Crippen LogP contribution in [0, 0.1) is 10.1 Å². The van der Waals surface area contributed by atoms with Crippen molar-refractivity contribution in [3.05, 3.63) is 58.4 Å². The number of carbonyl (C=O) groups is 1. The molecule has 0 saturated carbocycles. The first-order chi connectivity index (χ1) is 11.6. The number of esters is 1. The van der Waals surface area contributed by atoms with E-state index in [2.05, 4.69) is 4.98 Å². The number of aliphatic hydroxyl groups is 1. The third-order valence-corrected chi connectivity index (χ3v) is 3.71. The number of imidazole rings is 1. The lowest BCUT2D eigenvalue weighted by atomic mass is 10.2. The lowest BCUT2D eigenvalue weighted by Gasteiger charge is -2.14. The van der Waals surface area contributed by atoms with Crippen molar-refractivity contribution in [3.63, 3.8) is 0 Å². The summed E-state index contributed by atoms with van der Waals surface area (Å²) < 4.78 is 12.0. The predicted molar refractivity (Wildman–Crippen MR) is 80.1 cm³/mol. The number of rotatable bonds is 5. The van der Waals surface area contributed by atoms with Crippen LogP contribution in [-0.4, -0.2) is 44.4 Å². The van der Waals surface area contributed by atoms with Crippen LogP contribution in [0.25, 0.3) is 0 Å². The fraction of sp³-hybridized carbons (Fsp3) is 0.333. The standard InChI is InChI=1S/C15H15N3O6/c19-11-8-13(17-7-6-16-15(17)18(21)22)24-12(11)9-23-14(20)10-4-2-1-3-5-10/h1-7,11-13,19H,8-9H2. The molecule has 1 aliphatic heterocycles. The summed E-state index contributed by atoms with van der Waals surface area (Å²) in [5, 5.41) is 21.0. The molecule has 0 amide bonds. The fourth-order valence-corrected chi connectivity index (χ4v) is 2.52. The first kappa shape index (κ1) is 16.1. The Morgan fingerprint density at radius 2 is 2.21 bits per heavy atom. The first-order valence-electron chi connectivity index (χ1n) is 7.29. The van der Waals surface area contributed by atoms with Crippen LogP contribution in [0.4, 0.5) is 5.95 Å². The summed E-state index contributed by atoms with van der Waals surface area (Å²) in [6.07, 6.45) is 0.448. The van der Waals surface area contributed by atoms with Gasteiger partial charge in [0.2, 0.25) is 0 Å². The number of aliphatic hydroxyl groups excluding tert-OH is 1. The molecular weight excluding hydrogens is 318 g/mol. The normalized spacial score (nSPS) is 23.1. The maximum absolute atomic E-state index is 11.9. The molecule has 1 fully saturated rings. The quantitative estimate of drug-likeness (QED) is 0.498. The summed E-state index contributed by atoms with van der Waals surface area (Å²) in [4.78, 5) is 25.8. The number of benzene rings is 1. The van der Waals surface area contributed by atoms with Crippen LogP contribution in [0.1, 0.15) is 23.0 Å². The van der Waals surface area contributed by atoms with Crippen molar-refractivity contribution in [1.82, 2.24) is 9.55 Å². The second kappa shape index (κ2) is 6.77. The molecule has 9 nitrogen and oxygen atoms in total. The predicted octanol–water partition coefficient (Wildman–Crippen LogP) is 1.30. The molecule has 3 atom stereocenters. The molecule has 0 bridgehead atoms. The van der Waals surface area contributed by atoms with E-state index in [1.807, 2.05) is 0 Å². The van der Waals surface area contributed by atoms with Crippen molar-refractivity contribution >= 4 is 11.9 Å². The van der Waals surface area contributed by atoms with Gasteiger partial charge in [-0.15, -0.1) is 0 Å². The molecule has 3 rings (SSSR count). The zero-order valence-corrected chi connectivity index (χ0v) is 12.5. The SMILES string of the molecule is O=C(OCC1OC(n2ccnc2[N+](=O)[O-])CC1O)c1ccccc1. The highest BCUT2D eigenvalue weighted by Crippen LogP contribution is 2.31. The summed E-state index contributed by atoms with van der Waals surface area (Å²) in [5.74, 6) is -0.891. The molecule has 126 valence electrons. The number of carbonyl (C=O) groups excluding carboxylic acids is 1. The van der Waals surface area contributed by atoms with E-state index in [9.17, 15) is 20.0 Å². The van der Waals surface area contributed by atoms with Gasteiger partial charge in [0.25, 0.3) is 0 Å². The summed E-state index contributed by atoms with van der Waals surface area (Å²) in [6.45, 7) is -0.145. The highest BCUT2D eigenvalue weighted by atomic mass is 16.6. The number of hydrogen-bond donors (Lipinski definition) is 1. The summed E-state index contributed by atoms with van der Waals surface area (Å²) in [6, 6.07) is 8.44. The fourth-order valence-electron chi connectivity index (χ4n) is 2.52. The molecule has 1 aromatic carbocycles. The first-order valence-corrected chi connectivity index (χ1v) is 7.29. The molecule has 1 aromatic heterocycles. The van der Waals surface area contributed by atoms with Gasteiger partial charge >= 0.3 is 11.9 Å². The lowest BCUT2D eigenvalue weighted by Crippen LogP contribution is -2.28. The van der Waals surface area contributed by atoms with E-state index in [4.69, 9.17) is 9.47 Å². The Hall–Kier alpha value is -2.78. The number of hydrogen-bond acceptors (Lipinski definition) is 7. The van der Waals surface area contributed by atoms with E-state index >= 15 is 0 Å². The zero-order valence-electron chi connectivity index (χ0n) is 12.5. The number of aromatic nitrogens is 2. The van der Waals surface area contributed by atoms with Crippen molar-refractivity contribution in [3.8, 4) is 0 Å². The Morgan fingerprint density at radius 3 is 2.92 bits per heavy atom. The van der Waals surface area contributed by atoms with Crippen LogP contribution in [0.3, 0.4) is 0 Å². The molecule has 1 aliphatic rings. The van der Waals surface area contributed by atoms with Gasteiger partial charge in [-0.1, -0.05) is 23.2 Å². The maximum atomic E-state index is 11.9. The van der Waals surface area contributed by atoms with Gasteiger partial charge in [0, 0.05) is 6.42 Å². The van der Waals surface area contributed by atoms with Crippen LogP contribution in [0.5, 0.6) is 0 Å². The van der Waals surface area contributed by atoms with Crippen LogP contribution in [0.15, 0.2) is 42.7 Å². The summed E-state index contributed by atoms with van der Waals surface area (Å²) in [7, 11) is 0. The second-order valence-electron chi connectivity index (χ2n) is 5.29. The monoisotopic (exact) mass is 333 g/mol. The molecule has 1 N–H and O–H groups in total. The van der Waals surface area contributed by atoms with Gasteiger partial charge in [0.15, 0.2) is 6.23 Å². The topological polar surface area (TPSA) is 117 Å². The Kier molecular flexibility index (Phi) is 4.54. The minimum absolute atomic E-state index is 0.144. The molecule has 2 aromatic rings. The van der Waals surface area contributed by atoms with Gasteiger partial charge in [-0.25, -0.2) is 9.36 Å². The van der Waals surface area contributed by atoms with Crippen LogP contribution in [-0.2, 0) is 9.47 Å². The Labute approximate surface area is 136 Å². The van der Waals surface area contributed by atoms with Crippen molar-refractivity contribution in [2.75, 3.05) is 6.61 Å². The highest BCUT2D eigenvalue weighted by Gasteiger charge is 2.39. The molecule has 3 unspecified atom stereocenters. The minimum atomic E-state index is -0.902. The van der Waals surface area contributed by atoms with E-state index < -0.39 is 29.3 Å². The number of nitrogens with zero attached hydrogens (tertiary/aromatic N) is 3. The Balaban J connectivity index is 1.61. The molecule has 9 heteroatoms.